The van der Waals surface area contributed by atoms with E-state index in [2.05, 4.69) is 27.8 Å². The van der Waals surface area contributed by atoms with Crippen molar-refractivity contribution in [3.05, 3.63) is 40.4 Å². The van der Waals surface area contributed by atoms with Crippen molar-refractivity contribution in [1.29, 1.82) is 0 Å². The van der Waals surface area contributed by atoms with E-state index < -0.39 is 4.92 Å². The van der Waals surface area contributed by atoms with E-state index in [1.54, 1.807) is 19.2 Å². The molecule has 1 heterocycles. The lowest BCUT2D eigenvalue weighted by molar-refractivity contribution is -0.384. The van der Waals surface area contributed by atoms with Gasteiger partial charge >= 0.3 is 0 Å². The molecule has 0 N–H and O–H groups in total. The van der Waals surface area contributed by atoms with Gasteiger partial charge in [0.05, 0.1) is 27.9 Å². The number of non-ortho nitro benzene ring substituents is 1. The molecule has 0 saturated heterocycles. The highest BCUT2D eigenvalue weighted by atomic mass is 32.1. The third kappa shape index (κ3) is 4.76. The maximum absolute atomic E-state index is 10.9. The zero-order valence-corrected chi connectivity index (χ0v) is 17.9. The third-order valence-corrected chi connectivity index (χ3v) is 4.83. The summed E-state index contributed by atoms with van der Waals surface area (Å²) in [5.41, 5.74) is 2.08. The Balaban J connectivity index is 0.00000136. The number of nitro groups is 1. The van der Waals surface area contributed by atoms with Gasteiger partial charge in [0.25, 0.3) is 5.69 Å². The van der Waals surface area contributed by atoms with Crippen LogP contribution < -0.4 is 9.64 Å². The molecule has 0 radical (unpaired) electrons. The van der Waals surface area contributed by atoms with Gasteiger partial charge < -0.3 is 9.64 Å². The van der Waals surface area contributed by atoms with Gasteiger partial charge in [-0.2, -0.15) is 0 Å². The summed E-state index contributed by atoms with van der Waals surface area (Å²) >= 11 is 5.68. The van der Waals surface area contributed by atoms with Gasteiger partial charge in [-0.3, -0.25) is 10.1 Å². The number of rotatable bonds is 5. The van der Waals surface area contributed by atoms with E-state index in [1.807, 2.05) is 38.9 Å². The molecule has 1 aromatic heterocycles. The second-order valence-corrected chi connectivity index (χ2v) is 7.00. The summed E-state index contributed by atoms with van der Waals surface area (Å²) in [5.74, 6) is 0.654. The molecule has 0 aliphatic carbocycles. The number of thiol groups is 1. The molecule has 28 heavy (non-hydrogen) atoms. The predicted molar refractivity (Wildman–Crippen MR) is 116 cm³/mol. The highest BCUT2D eigenvalue weighted by Crippen LogP contribution is 2.38. The van der Waals surface area contributed by atoms with Crippen molar-refractivity contribution in [3.8, 4) is 5.75 Å². The Hall–Kier alpha value is -2.72. The highest BCUT2D eigenvalue weighted by Gasteiger charge is 2.12. The third-order valence-electron chi connectivity index (χ3n) is 3.57. The van der Waals surface area contributed by atoms with Gasteiger partial charge in [-0.05, 0) is 12.1 Å². The minimum absolute atomic E-state index is 0.0197. The lowest BCUT2D eigenvalue weighted by atomic mass is 10.2. The van der Waals surface area contributed by atoms with E-state index in [0.29, 0.717) is 31.7 Å². The van der Waals surface area contributed by atoms with Crippen molar-refractivity contribution in [1.82, 2.24) is 4.98 Å². The normalized spacial score (nSPS) is 10.6. The number of fused-ring (bicyclic) bond motifs is 1. The van der Waals surface area contributed by atoms with Crippen LogP contribution in [-0.2, 0) is 0 Å². The molecule has 3 rings (SSSR count). The Morgan fingerprint density at radius 1 is 1.21 bits per heavy atom. The number of thiazole rings is 1. The number of nitro benzene ring substituents is 1. The zero-order chi connectivity index (χ0) is 20.8. The molecule has 0 amide bonds. The molecule has 0 fully saturated rings. The summed E-state index contributed by atoms with van der Waals surface area (Å²) in [7, 11) is 5.40. The topological polar surface area (TPSA) is 93.2 Å². The molecule has 3 aromatic rings. The van der Waals surface area contributed by atoms with Crippen LogP contribution in [-0.4, -0.2) is 31.1 Å². The summed E-state index contributed by atoms with van der Waals surface area (Å²) in [6, 6.07) is 8.09. The quantitative estimate of drug-likeness (QED) is 0.237. The molecule has 0 saturated carbocycles. The number of azo groups is 1. The van der Waals surface area contributed by atoms with Gasteiger partial charge in [-0.15, -0.1) is 22.9 Å². The lowest BCUT2D eigenvalue weighted by Gasteiger charge is -2.17. The molecule has 10 heteroatoms. The predicted octanol–water partition coefficient (Wildman–Crippen LogP) is 6.01. The molecule has 0 aliphatic heterocycles. The van der Waals surface area contributed by atoms with E-state index in [9.17, 15) is 10.1 Å². The Morgan fingerprint density at radius 2 is 1.93 bits per heavy atom. The van der Waals surface area contributed by atoms with E-state index in [4.69, 9.17) is 4.74 Å². The maximum Gasteiger partial charge on any atom is 0.270 e. The molecule has 0 bridgehead atoms. The van der Waals surface area contributed by atoms with Crippen LogP contribution in [0.3, 0.4) is 0 Å². The molecular formula is C18H21N5O3S2. The fourth-order valence-electron chi connectivity index (χ4n) is 2.29. The number of hydrogen-bond acceptors (Lipinski definition) is 9. The Labute approximate surface area is 172 Å². The van der Waals surface area contributed by atoms with E-state index >= 15 is 0 Å². The minimum Gasteiger partial charge on any atom is -0.495 e. The second kappa shape index (κ2) is 9.47. The van der Waals surface area contributed by atoms with Crippen molar-refractivity contribution in [2.45, 2.75) is 18.7 Å². The van der Waals surface area contributed by atoms with Gasteiger partial charge in [0.2, 0.25) is 5.13 Å². The molecule has 148 valence electrons. The van der Waals surface area contributed by atoms with Crippen molar-refractivity contribution in [2.24, 2.45) is 10.2 Å². The maximum atomic E-state index is 10.9. The van der Waals surface area contributed by atoms with Gasteiger partial charge in [0.15, 0.2) is 0 Å². The number of nitrogens with zero attached hydrogens (tertiary/aromatic N) is 5. The van der Waals surface area contributed by atoms with Crippen LogP contribution in [0.1, 0.15) is 13.8 Å². The average Bonchev–Trinajstić information content (AvgIpc) is 3.10. The number of benzene rings is 2. The first-order chi connectivity index (χ1) is 13.4. The Bertz CT molecular complexity index is 1020. The van der Waals surface area contributed by atoms with Gasteiger partial charge in [-0.25, -0.2) is 4.98 Å². The van der Waals surface area contributed by atoms with Crippen molar-refractivity contribution in [3.63, 3.8) is 0 Å². The average molecular weight is 420 g/mol. The molecule has 0 spiro atoms. The fraction of sp³-hybridized carbons (Fsp3) is 0.278. The Kier molecular flexibility index (Phi) is 7.30. The van der Waals surface area contributed by atoms with Crippen LogP contribution in [0.15, 0.2) is 45.5 Å². The lowest BCUT2D eigenvalue weighted by Crippen LogP contribution is -2.10. The van der Waals surface area contributed by atoms with Gasteiger partial charge in [0.1, 0.15) is 11.4 Å². The molecular weight excluding hydrogens is 398 g/mol. The number of anilines is 1. The summed E-state index contributed by atoms with van der Waals surface area (Å²) in [6.07, 6.45) is 0. The highest BCUT2D eigenvalue weighted by molar-refractivity contribution is 7.80. The van der Waals surface area contributed by atoms with E-state index in [1.165, 1.54) is 23.5 Å². The summed E-state index contributed by atoms with van der Waals surface area (Å²) in [4.78, 5) is 17.3. The van der Waals surface area contributed by atoms with Crippen molar-refractivity contribution >= 4 is 56.4 Å². The number of aromatic nitrogens is 1. The van der Waals surface area contributed by atoms with Crippen LogP contribution in [0.5, 0.6) is 5.75 Å². The van der Waals surface area contributed by atoms with Crippen LogP contribution in [0.4, 0.5) is 22.2 Å². The van der Waals surface area contributed by atoms with E-state index in [-0.39, 0.29) is 5.69 Å². The van der Waals surface area contributed by atoms with E-state index in [0.717, 1.165) is 5.69 Å². The largest absolute Gasteiger partial charge is 0.495 e. The molecule has 0 unspecified atom stereocenters. The second-order valence-electron chi connectivity index (χ2n) is 5.51. The smallest absolute Gasteiger partial charge is 0.270 e. The first-order valence-electron chi connectivity index (χ1n) is 8.44. The van der Waals surface area contributed by atoms with Crippen molar-refractivity contribution in [2.75, 3.05) is 26.1 Å². The molecule has 0 aliphatic rings. The van der Waals surface area contributed by atoms with Crippen LogP contribution in [0.2, 0.25) is 0 Å². The first kappa shape index (κ1) is 21.6. The van der Waals surface area contributed by atoms with Gasteiger partial charge in [0, 0.05) is 37.2 Å². The zero-order valence-electron chi connectivity index (χ0n) is 16.2. The standard InChI is InChI=1S/C16H15N5O3S2.C2H6/c1-20(2)12-8-14(25)11(7-13(12)24-3)18-19-16-17-10-5-4-9(21(22)23)6-15(10)26-16;1-2/h4-8,25H,1-3H3;1-2H3. The summed E-state index contributed by atoms with van der Waals surface area (Å²) in [6.45, 7) is 4.00. The summed E-state index contributed by atoms with van der Waals surface area (Å²) in [5, 5.41) is 19.6. The van der Waals surface area contributed by atoms with Crippen LogP contribution >= 0.6 is 24.0 Å². The number of methoxy groups -OCH3 is 1. The minimum atomic E-state index is -0.438. The van der Waals surface area contributed by atoms with Crippen LogP contribution in [0, 0.1) is 10.1 Å². The SMILES string of the molecule is CC.COc1cc(N=Nc2nc3ccc([N+](=O)[O-])cc3s2)c(S)cc1N(C)C. The first-order valence-corrected chi connectivity index (χ1v) is 9.70. The summed E-state index contributed by atoms with van der Waals surface area (Å²) < 4.78 is 6.06. The monoisotopic (exact) mass is 419 g/mol. The molecule has 2 aromatic carbocycles. The number of hydrogen-bond donors (Lipinski definition) is 1. The van der Waals surface area contributed by atoms with Crippen LogP contribution in [0.25, 0.3) is 10.2 Å². The van der Waals surface area contributed by atoms with Crippen molar-refractivity contribution < 1.29 is 9.66 Å². The molecule has 0 atom stereocenters. The van der Waals surface area contributed by atoms with Gasteiger partial charge in [-0.1, -0.05) is 25.2 Å². The Morgan fingerprint density at radius 3 is 2.54 bits per heavy atom. The number of ether oxygens (including phenoxy) is 1. The molecule has 8 nitrogen and oxygen atoms in total. The fourth-order valence-corrected chi connectivity index (χ4v) is 3.35.